The first-order valence-electron chi connectivity index (χ1n) is 8.54. The van der Waals surface area contributed by atoms with Crippen molar-refractivity contribution in [2.24, 2.45) is 5.92 Å². The van der Waals surface area contributed by atoms with E-state index in [0.29, 0.717) is 5.92 Å². The van der Waals surface area contributed by atoms with Gasteiger partial charge in [0.2, 0.25) is 0 Å². The fourth-order valence-electron chi connectivity index (χ4n) is 3.67. The van der Waals surface area contributed by atoms with Crippen LogP contribution in [0.1, 0.15) is 57.1 Å². The van der Waals surface area contributed by atoms with Crippen molar-refractivity contribution in [3.63, 3.8) is 0 Å². The summed E-state index contributed by atoms with van der Waals surface area (Å²) in [4.78, 5) is 12.0. The number of nitrogens with zero attached hydrogens (tertiary/aromatic N) is 3. The molecule has 1 unspecified atom stereocenters. The van der Waals surface area contributed by atoms with Crippen molar-refractivity contribution in [3.05, 3.63) is 18.1 Å². The number of hydrogen-bond acceptors (Lipinski definition) is 4. The van der Waals surface area contributed by atoms with Gasteiger partial charge < -0.3 is 4.90 Å². The molecule has 3 nitrogen and oxygen atoms in total. The molecule has 0 aliphatic carbocycles. The maximum absolute atomic E-state index is 4.73. The van der Waals surface area contributed by atoms with Crippen LogP contribution in [-0.2, 0) is 0 Å². The second-order valence-corrected chi connectivity index (χ2v) is 7.48. The van der Waals surface area contributed by atoms with E-state index in [-0.39, 0.29) is 12.4 Å². The third-order valence-corrected chi connectivity index (χ3v) is 6.02. The zero-order valence-electron chi connectivity index (χ0n) is 13.5. The van der Waals surface area contributed by atoms with E-state index in [0.717, 1.165) is 5.92 Å². The summed E-state index contributed by atoms with van der Waals surface area (Å²) < 4.78 is 0. The van der Waals surface area contributed by atoms with E-state index >= 15 is 0 Å². The number of unbranched alkanes of at least 4 members (excludes halogenated alkanes) is 3. The standard InChI is InChI=1S/C17H27N3S.ClH/c1-2-3-4-5-12-21-17-16(18-8-9-19-17)15-13-20-10-6-14(15)7-11-20;/h8-9,14-15H,2-7,10-13H2,1H3;1H. The van der Waals surface area contributed by atoms with Crippen LogP contribution < -0.4 is 0 Å². The lowest BCUT2D eigenvalue weighted by Gasteiger charge is -2.44. The first-order chi connectivity index (χ1) is 10.4. The molecular formula is C17H28ClN3S. The van der Waals surface area contributed by atoms with Crippen LogP contribution in [0.25, 0.3) is 0 Å². The minimum Gasteiger partial charge on any atom is -0.303 e. The highest BCUT2D eigenvalue weighted by molar-refractivity contribution is 7.99. The van der Waals surface area contributed by atoms with Gasteiger partial charge in [0.15, 0.2) is 0 Å². The summed E-state index contributed by atoms with van der Waals surface area (Å²) in [7, 11) is 0. The maximum Gasteiger partial charge on any atom is 0.118 e. The van der Waals surface area contributed by atoms with Gasteiger partial charge in [-0.3, -0.25) is 4.98 Å². The van der Waals surface area contributed by atoms with Crippen LogP contribution in [0.5, 0.6) is 0 Å². The Morgan fingerprint density at radius 3 is 2.59 bits per heavy atom. The van der Waals surface area contributed by atoms with Gasteiger partial charge in [-0.15, -0.1) is 24.2 Å². The Balaban J connectivity index is 0.00000176. The molecule has 3 fully saturated rings. The fourth-order valence-corrected chi connectivity index (χ4v) is 4.70. The molecule has 3 saturated heterocycles. The Bertz CT molecular complexity index is 449. The molecular weight excluding hydrogens is 314 g/mol. The topological polar surface area (TPSA) is 29.0 Å². The van der Waals surface area contributed by atoms with E-state index in [1.54, 1.807) is 0 Å². The average molecular weight is 342 g/mol. The van der Waals surface area contributed by atoms with Crippen molar-refractivity contribution >= 4 is 24.2 Å². The number of halogens is 1. The maximum atomic E-state index is 4.73. The lowest BCUT2D eigenvalue weighted by atomic mass is 9.77. The van der Waals surface area contributed by atoms with Crippen LogP contribution in [0.2, 0.25) is 0 Å². The number of hydrogen-bond donors (Lipinski definition) is 0. The monoisotopic (exact) mass is 341 g/mol. The Hall–Kier alpha value is -0.320. The van der Waals surface area contributed by atoms with Gasteiger partial charge in [-0.05, 0) is 44.0 Å². The normalized spacial score (nSPS) is 26.7. The van der Waals surface area contributed by atoms with E-state index in [1.807, 2.05) is 24.2 Å². The molecule has 0 spiro atoms. The summed E-state index contributed by atoms with van der Waals surface area (Å²) in [6.07, 6.45) is 11.7. The molecule has 4 rings (SSSR count). The first kappa shape index (κ1) is 18.0. The molecule has 0 saturated carbocycles. The Morgan fingerprint density at radius 2 is 1.91 bits per heavy atom. The SMILES string of the molecule is CCCCCCSc1nccnc1C1CN2CCC1CC2.Cl. The predicted molar refractivity (Wildman–Crippen MR) is 96.1 cm³/mol. The molecule has 22 heavy (non-hydrogen) atoms. The zero-order valence-corrected chi connectivity index (χ0v) is 15.2. The lowest BCUT2D eigenvalue weighted by Crippen LogP contribution is -2.46. The smallest absolute Gasteiger partial charge is 0.118 e. The van der Waals surface area contributed by atoms with Crippen molar-refractivity contribution in [2.75, 3.05) is 25.4 Å². The summed E-state index contributed by atoms with van der Waals surface area (Å²) in [6, 6.07) is 0. The van der Waals surface area contributed by atoms with Gasteiger partial charge in [-0.2, -0.15) is 0 Å². The van der Waals surface area contributed by atoms with Crippen molar-refractivity contribution in [1.82, 2.24) is 14.9 Å². The molecule has 4 heterocycles. The number of piperidine rings is 3. The van der Waals surface area contributed by atoms with Crippen LogP contribution in [0.4, 0.5) is 0 Å². The number of rotatable bonds is 7. The van der Waals surface area contributed by atoms with Gasteiger partial charge >= 0.3 is 0 Å². The summed E-state index contributed by atoms with van der Waals surface area (Å²) in [5, 5.41) is 1.20. The highest BCUT2D eigenvalue weighted by Crippen LogP contribution is 2.40. The lowest BCUT2D eigenvalue weighted by molar-refractivity contribution is 0.0840. The summed E-state index contributed by atoms with van der Waals surface area (Å²) in [6.45, 7) is 6.05. The van der Waals surface area contributed by atoms with E-state index < -0.39 is 0 Å². The van der Waals surface area contributed by atoms with E-state index in [9.17, 15) is 0 Å². The fraction of sp³-hybridized carbons (Fsp3) is 0.765. The minimum atomic E-state index is 0. The third kappa shape index (κ3) is 4.36. The Kier molecular flexibility index (Phi) is 7.45. The molecule has 1 aromatic heterocycles. The zero-order chi connectivity index (χ0) is 14.5. The molecule has 0 aromatic carbocycles. The molecule has 0 N–H and O–H groups in total. The van der Waals surface area contributed by atoms with Gasteiger partial charge in [0.05, 0.1) is 5.69 Å². The van der Waals surface area contributed by atoms with Gasteiger partial charge in [0.1, 0.15) is 5.03 Å². The second kappa shape index (κ2) is 9.09. The number of aromatic nitrogens is 2. The molecule has 0 amide bonds. The Labute approximate surface area is 145 Å². The summed E-state index contributed by atoms with van der Waals surface area (Å²) in [5.74, 6) is 2.65. The number of fused-ring (bicyclic) bond motifs is 3. The highest BCUT2D eigenvalue weighted by atomic mass is 35.5. The Morgan fingerprint density at radius 1 is 1.14 bits per heavy atom. The predicted octanol–water partition coefficient (Wildman–Crippen LogP) is 4.38. The second-order valence-electron chi connectivity index (χ2n) is 6.40. The van der Waals surface area contributed by atoms with Crippen LogP contribution >= 0.6 is 24.2 Å². The first-order valence-corrected chi connectivity index (χ1v) is 9.53. The minimum absolute atomic E-state index is 0. The van der Waals surface area contributed by atoms with Gasteiger partial charge in [-0.1, -0.05) is 26.2 Å². The van der Waals surface area contributed by atoms with Crippen LogP contribution in [0.3, 0.4) is 0 Å². The van der Waals surface area contributed by atoms with Crippen LogP contribution in [0, 0.1) is 5.92 Å². The number of thioether (sulfide) groups is 1. The molecule has 3 aliphatic rings. The van der Waals surface area contributed by atoms with Gasteiger partial charge in [0, 0.05) is 24.9 Å². The average Bonchev–Trinajstić information content (AvgIpc) is 2.56. The third-order valence-electron chi connectivity index (χ3n) is 4.94. The van der Waals surface area contributed by atoms with Crippen LogP contribution in [-0.4, -0.2) is 40.3 Å². The van der Waals surface area contributed by atoms with Gasteiger partial charge in [0.25, 0.3) is 0 Å². The van der Waals surface area contributed by atoms with E-state index in [4.69, 9.17) is 4.98 Å². The molecule has 2 bridgehead atoms. The van der Waals surface area contributed by atoms with Crippen molar-refractivity contribution in [1.29, 1.82) is 0 Å². The van der Waals surface area contributed by atoms with Crippen LogP contribution in [0.15, 0.2) is 17.4 Å². The van der Waals surface area contributed by atoms with E-state index in [2.05, 4.69) is 16.8 Å². The molecule has 1 atom stereocenters. The van der Waals surface area contributed by atoms with E-state index in [1.165, 1.54) is 74.6 Å². The molecule has 124 valence electrons. The quantitative estimate of drug-likeness (QED) is 0.543. The molecule has 5 heteroatoms. The van der Waals surface area contributed by atoms with Crippen molar-refractivity contribution in [2.45, 2.75) is 56.4 Å². The van der Waals surface area contributed by atoms with Crippen molar-refractivity contribution in [3.8, 4) is 0 Å². The van der Waals surface area contributed by atoms with Gasteiger partial charge in [-0.25, -0.2) is 4.98 Å². The summed E-state index contributed by atoms with van der Waals surface area (Å²) in [5.41, 5.74) is 1.28. The molecule has 1 aromatic rings. The largest absolute Gasteiger partial charge is 0.303 e. The highest BCUT2D eigenvalue weighted by Gasteiger charge is 2.37. The molecule has 3 aliphatic heterocycles. The summed E-state index contributed by atoms with van der Waals surface area (Å²) >= 11 is 1.93. The van der Waals surface area contributed by atoms with Crippen molar-refractivity contribution < 1.29 is 0 Å². The molecule has 0 radical (unpaired) electrons.